The van der Waals surface area contributed by atoms with E-state index in [1.165, 1.54) is 24.3 Å². The monoisotopic (exact) mass is 538 g/mol. The number of nitrogens with zero attached hydrogens (tertiary/aromatic N) is 1. The number of phenols is 1. The molecule has 0 saturated carbocycles. The van der Waals surface area contributed by atoms with Crippen LogP contribution in [-0.2, 0) is 30.4 Å². The molecular formula is C22H34N8O8. The normalized spacial score (nSPS) is 13.7. The molecule has 4 amide bonds. The number of carboxylic acid groups (broad SMARTS) is 1. The Balaban J connectivity index is 2.99. The minimum absolute atomic E-state index is 0.0191. The van der Waals surface area contributed by atoms with Gasteiger partial charge in [0.2, 0.25) is 23.6 Å². The van der Waals surface area contributed by atoms with Gasteiger partial charge in [-0.2, -0.15) is 0 Å². The van der Waals surface area contributed by atoms with Gasteiger partial charge in [0.25, 0.3) is 0 Å². The second kappa shape index (κ2) is 15.6. The number of carbonyl (C=O) groups excluding carboxylic acids is 4. The average molecular weight is 539 g/mol. The molecule has 0 aliphatic heterocycles. The third-order valence-electron chi connectivity index (χ3n) is 5.14. The number of aliphatic carboxylic acids is 1. The third kappa shape index (κ3) is 11.5. The number of amides is 4. The summed E-state index contributed by atoms with van der Waals surface area (Å²) in [5.74, 6) is -5.18. The topological polar surface area (TPSA) is 299 Å². The molecule has 0 heterocycles. The highest BCUT2D eigenvalue weighted by Gasteiger charge is 2.30. The summed E-state index contributed by atoms with van der Waals surface area (Å²) in [6.07, 6.45) is -0.457. The molecule has 1 rings (SSSR count). The number of aromatic hydroxyl groups is 1. The molecule has 16 nitrogen and oxygen atoms in total. The lowest BCUT2D eigenvalue weighted by Crippen LogP contribution is -2.58. The molecule has 0 fully saturated rings. The summed E-state index contributed by atoms with van der Waals surface area (Å²) in [7, 11) is 0. The van der Waals surface area contributed by atoms with Gasteiger partial charge in [0.05, 0.1) is 19.1 Å². The Bertz CT molecular complexity index is 1010. The third-order valence-corrected chi connectivity index (χ3v) is 5.14. The number of carbonyl (C=O) groups is 5. The number of guanidine groups is 1. The molecule has 0 aliphatic rings. The van der Waals surface area contributed by atoms with Crippen molar-refractivity contribution in [2.45, 2.75) is 49.9 Å². The second-order valence-electron chi connectivity index (χ2n) is 8.30. The SMILES string of the molecule is NC(=O)CC(N)C(=O)NC(CO)C(=O)NC(CCCN=C(N)N)C(=O)NC(Cc1ccc(O)cc1)C(=O)O. The Kier molecular flexibility index (Phi) is 13.0. The Labute approximate surface area is 217 Å². The van der Waals surface area contributed by atoms with Gasteiger partial charge in [-0.05, 0) is 30.5 Å². The number of carboxylic acids is 1. The fourth-order valence-corrected chi connectivity index (χ4v) is 3.17. The van der Waals surface area contributed by atoms with Gasteiger partial charge >= 0.3 is 5.97 Å². The van der Waals surface area contributed by atoms with Crippen LogP contribution in [0, 0.1) is 0 Å². The maximum Gasteiger partial charge on any atom is 0.326 e. The van der Waals surface area contributed by atoms with Gasteiger partial charge in [0, 0.05) is 13.0 Å². The molecule has 1 aromatic rings. The van der Waals surface area contributed by atoms with Crippen molar-refractivity contribution >= 4 is 35.6 Å². The fraction of sp³-hybridized carbons (Fsp3) is 0.455. The zero-order valence-corrected chi connectivity index (χ0v) is 20.5. The molecule has 0 aromatic heterocycles. The summed E-state index contributed by atoms with van der Waals surface area (Å²) in [6, 6.07) is 0.106. The highest BCUT2D eigenvalue weighted by molar-refractivity contribution is 5.95. The van der Waals surface area contributed by atoms with Crippen molar-refractivity contribution < 1.29 is 39.3 Å². The van der Waals surface area contributed by atoms with Crippen LogP contribution in [0.4, 0.5) is 0 Å². The minimum Gasteiger partial charge on any atom is -0.508 e. The molecular weight excluding hydrogens is 504 g/mol. The van der Waals surface area contributed by atoms with Crippen molar-refractivity contribution in [2.75, 3.05) is 13.2 Å². The van der Waals surface area contributed by atoms with Gasteiger partial charge < -0.3 is 54.2 Å². The van der Waals surface area contributed by atoms with Crippen LogP contribution in [0.25, 0.3) is 0 Å². The number of phenolic OH excluding ortho intramolecular Hbond substituents is 1. The van der Waals surface area contributed by atoms with Gasteiger partial charge in [-0.15, -0.1) is 0 Å². The maximum atomic E-state index is 13.0. The summed E-state index contributed by atoms with van der Waals surface area (Å²) in [5, 5.41) is 35.5. The number of hydrogen-bond acceptors (Lipinski definition) is 9. The smallest absolute Gasteiger partial charge is 0.326 e. The van der Waals surface area contributed by atoms with E-state index < -0.39 is 66.8 Å². The van der Waals surface area contributed by atoms with E-state index in [1.54, 1.807) is 0 Å². The summed E-state index contributed by atoms with van der Waals surface area (Å²) in [4.78, 5) is 64.4. The maximum absolute atomic E-state index is 13.0. The zero-order valence-electron chi connectivity index (χ0n) is 20.5. The molecule has 4 atom stereocenters. The highest BCUT2D eigenvalue weighted by Crippen LogP contribution is 2.12. The first-order chi connectivity index (χ1) is 17.8. The largest absolute Gasteiger partial charge is 0.508 e. The first-order valence-electron chi connectivity index (χ1n) is 11.5. The molecule has 0 spiro atoms. The molecule has 0 bridgehead atoms. The molecule has 1 aromatic carbocycles. The van der Waals surface area contributed by atoms with Crippen LogP contribution < -0.4 is 38.9 Å². The Morgan fingerprint density at radius 3 is 1.95 bits per heavy atom. The van der Waals surface area contributed by atoms with Crippen molar-refractivity contribution in [3.05, 3.63) is 29.8 Å². The molecule has 0 radical (unpaired) electrons. The quantitative estimate of drug-likeness (QED) is 0.0545. The van der Waals surface area contributed by atoms with Crippen LogP contribution in [0.15, 0.2) is 29.3 Å². The standard InChI is InChI=1S/C22H34N8O8/c23-13(9-17(24)33)18(34)30-16(10-31)20(36)28-14(2-1-7-27-22(25)26)19(35)29-15(21(37)38)8-11-3-5-12(32)6-4-11/h3-6,13-16,31-32H,1-2,7-10,23H2,(H2,24,33)(H,28,36)(H,29,35)(H,30,34)(H,37,38)(H4,25,26,27). The molecule has 38 heavy (non-hydrogen) atoms. The van der Waals surface area contributed by atoms with E-state index in [-0.39, 0.29) is 37.5 Å². The predicted octanol–water partition coefficient (Wildman–Crippen LogP) is -4.28. The van der Waals surface area contributed by atoms with Crippen molar-refractivity contribution in [3.63, 3.8) is 0 Å². The van der Waals surface area contributed by atoms with Crippen LogP contribution in [0.1, 0.15) is 24.8 Å². The first-order valence-corrected chi connectivity index (χ1v) is 11.5. The number of aliphatic hydroxyl groups excluding tert-OH is 1. The number of primary amides is 1. The van der Waals surface area contributed by atoms with Gasteiger partial charge in [-0.1, -0.05) is 12.1 Å². The molecule has 16 heteroatoms. The molecule has 210 valence electrons. The number of rotatable bonds is 16. The molecule has 0 aliphatic carbocycles. The van der Waals surface area contributed by atoms with E-state index in [0.717, 1.165) is 0 Å². The number of nitrogens with two attached hydrogens (primary N) is 4. The summed E-state index contributed by atoms with van der Waals surface area (Å²) >= 11 is 0. The number of aliphatic imine (C=N–C) groups is 1. The summed E-state index contributed by atoms with van der Waals surface area (Å²) < 4.78 is 0. The summed E-state index contributed by atoms with van der Waals surface area (Å²) in [5.41, 5.74) is 21.6. The van der Waals surface area contributed by atoms with E-state index >= 15 is 0 Å². The Hall–Kier alpha value is -4.44. The lowest BCUT2D eigenvalue weighted by molar-refractivity contribution is -0.142. The van der Waals surface area contributed by atoms with Crippen LogP contribution in [0.5, 0.6) is 5.75 Å². The number of nitrogens with one attached hydrogen (secondary N) is 3. The molecule has 4 unspecified atom stereocenters. The van der Waals surface area contributed by atoms with Gasteiger partial charge in [-0.3, -0.25) is 24.2 Å². The lowest BCUT2D eigenvalue weighted by atomic mass is 10.0. The molecule has 0 saturated heterocycles. The summed E-state index contributed by atoms with van der Waals surface area (Å²) in [6.45, 7) is -0.776. The van der Waals surface area contributed by atoms with Gasteiger partial charge in [-0.25, -0.2) is 4.79 Å². The van der Waals surface area contributed by atoms with E-state index in [2.05, 4.69) is 20.9 Å². The van der Waals surface area contributed by atoms with Crippen molar-refractivity contribution in [3.8, 4) is 5.75 Å². The van der Waals surface area contributed by atoms with E-state index in [4.69, 9.17) is 22.9 Å². The van der Waals surface area contributed by atoms with Crippen LogP contribution >= 0.6 is 0 Å². The average Bonchev–Trinajstić information content (AvgIpc) is 2.84. The highest BCUT2D eigenvalue weighted by atomic mass is 16.4. The predicted molar refractivity (Wildman–Crippen MR) is 134 cm³/mol. The second-order valence-corrected chi connectivity index (χ2v) is 8.30. The fourth-order valence-electron chi connectivity index (χ4n) is 3.17. The van der Waals surface area contributed by atoms with Gasteiger partial charge in [0.1, 0.15) is 23.9 Å². The van der Waals surface area contributed by atoms with Crippen LogP contribution in [0.2, 0.25) is 0 Å². The van der Waals surface area contributed by atoms with Crippen LogP contribution in [-0.4, -0.2) is 88.2 Å². The van der Waals surface area contributed by atoms with Crippen LogP contribution in [0.3, 0.4) is 0 Å². The molecule has 14 N–H and O–H groups in total. The van der Waals surface area contributed by atoms with Gasteiger partial charge in [0.15, 0.2) is 5.96 Å². The van der Waals surface area contributed by atoms with Crippen molar-refractivity contribution in [2.24, 2.45) is 27.9 Å². The lowest BCUT2D eigenvalue weighted by Gasteiger charge is -2.24. The minimum atomic E-state index is -1.54. The number of aliphatic hydroxyl groups is 1. The van der Waals surface area contributed by atoms with Crippen molar-refractivity contribution in [1.29, 1.82) is 0 Å². The zero-order chi connectivity index (χ0) is 28.8. The van der Waals surface area contributed by atoms with E-state index in [1.807, 2.05) is 0 Å². The van der Waals surface area contributed by atoms with E-state index in [0.29, 0.717) is 5.56 Å². The number of benzene rings is 1. The Morgan fingerprint density at radius 2 is 1.42 bits per heavy atom. The van der Waals surface area contributed by atoms with E-state index in [9.17, 15) is 39.3 Å². The Morgan fingerprint density at radius 1 is 0.868 bits per heavy atom. The number of hydrogen-bond donors (Lipinski definition) is 10. The van der Waals surface area contributed by atoms with Crippen molar-refractivity contribution in [1.82, 2.24) is 16.0 Å². The first kappa shape index (κ1) is 31.6.